The van der Waals surface area contributed by atoms with E-state index in [-0.39, 0.29) is 6.10 Å². The van der Waals surface area contributed by atoms with Crippen LogP contribution >= 0.6 is 43.2 Å². The average molecular weight is 406 g/mol. The highest BCUT2D eigenvalue weighted by Crippen LogP contribution is 2.59. The van der Waals surface area contributed by atoms with E-state index in [9.17, 15) is 5.11 Å². The van der Waals surface area contributed by atoms with Gasteiger partial charge in [-0.3, -0.25) is 0 Å². The molecule has 4 saturated carbocycles. The van der Waals surface area contributed by atoms with Crippen molar-refractivity contribution in [2.24, 2.45) is 29.6 Å². The maximum absolute atomic E-state index is 10.9. The van der Waals surface area contributed by atoms with Crippen molar-refractivity contribution in [2.45, 2.75) is 38.2 Å². The molecule has 1 nitrogen and oxygen atoms in total. The van der Waals surface area contributed by atoms with Crippen LogP contribution in [0.1, 0.15) is 43.1 Å². The Bertz CT molecular complexity index is 451. The predicted molar refractivity (Wildman–Crippen MR) is 85.2 cm³/mol. The predicted octanol–water partition coefficient (Wildman–Crippen LogP) is 5.38. The van der Waals surface area contributed by atoms with E-state index in [0.717, 1.165) is 36.8 Å². The van der Waals surface area contributed by atoms with Crippen molar-refractivity contribution in [1.29, 1.82) is 0 Å². The van der Waals surface area contributed by atoms with Gasteiger partial charge in [-0.05, 0) is 99.6 Å². The Balaban J connectivity index is 1.61. The lowest BCUT2D eigenvalue weighted by Crippen LogP contribution is -2.47. The summed E-state index contributed by atoms with van der Waals surface area (Å²) in [5.41, 5.74) is 0. The van der Waals surface area contributed by atoms with Crippen molar-refractivity contribution in [3.05, 3.63) is 19.2 Å². The van der Waals surface area contributed by atoms with E-state index in [2.05, 4.69) is 37.9 Å². The van der Waals surface area contributed by atoms with Crippen LogP contribution in [-0.2, 0) is 0 Å². The van der Waals surface area contributed by atoms with E-state index >= 15 is 0 Å². The van der Waals surface area contributed by atoms with E-state index in [1.54, 1.807) is 11.3 Å². The highest BCUT2D eigenvalue weighted by atomic mass is 79.9. The fraction of sp³-hybridized carbons (Fsp3) is 0.733. The molecule has 1 heterocycles. The fourth-order valence-corrected chi connectivity index (χ4v) is 7.32. The molecule has 0 spiro atoms. The Hall–Kier alpha value is 0.620. The Morgan fingerprint density at radius 3 is 2.11 bits per heavy atom. The summed E-state index contributed by atoms with van der Waals surface area (Å²) < 4.78 is 2.18. The first kappa shape index (κ1) is 13.3. The van der Waals surface area contributed by atoms with Crippen LogP contribution in [0.25, 0.3) is 0 Å². The minimum absolute atomic E-state index is 0.248. The summed E-state index contributed by atoms with van der Waals surface area (Å²) in [4.78, 5) is 1.14. The first-order chi connectivity index (χ1) is 9.11. The van der Waals surface area contributed by atoms with E-state index < -0.39 is 0 Å². The molecule has 4 bridgehead atoms. The van der Waals surface area contributed by atoms with Gasteiger partial charge in [0.25, 0.3) is 0 Å². The summed E-state index contributed by atoms with van der Waals surface area (Å²) in [6, 6.07) is 2.10. The van der Waals surface area contributed by atoms with Gasteiger partial charge in [0, 0.05) is 9.35 Å². The van der Waals surface area contributed by atoms with Gasteiger partial charge in [-0.1, -0.05) is 0 Å². The molecule has 4 fully saturated rings. The Kier molecular flexibility index (Phi) is 3.37. The SMILES string of the molecule is OC(c1cc(Br)c(Br)s1)C1C2CC3CC(C2)CC1C3. The third kappa shape index (κ3) is 2.18. The molecular formula is C15H18Br2OS. The second-order valence-electron chi connectivity index (χ2n) is 6.72. The lowest BCUT2D eigenvalue weighted by atomic mass is 9.51. The Morgan fingerprint density at radius 1 is 1.05 bits per heavy atom. The summed E-state index contributed by atoms with van der Waals surface area (Å²) in [5, 5.41) is 10.9. The van der Waals surface area contributed by atoms with Crippen molar-refractivity contribution in [2.75, 3.05) is 0 Å². The summed E-state index contributed by atoms with van der Waals surface area (Å²) in [7, 11) is 0. The van der Waals surface area contributed by atoms with Crippen molar-refractivity contribution >= 4 is 43.2 Å². The van der Waals surface area contributed by atoms with Crippen LogP contribution in [0.3, 0.4) is 0 Å². The van der Waals surface area contributed by atoms with Gasteiger partial charge in [-0.25, -0.2) is 0 Å². The number of rotatable bonds is 2. The highest BCUT2D eigenvalue weighted by molar-refractivity contribution is 9.13. The molecule has 4 aliphatic rings. The summed E-state index contributed by atoms with van der Waals surface area (Å²) >= 11 is 8.77. The Morgan fingerprint density at radius 2 is 1.63 bits per heavy atom. The van der Waals surface area contributed by atoms with Crippen molar-refractivity contribution in [3.8, 4) is 0 Å². The summed E-state index contributed by atoms with van der Waals surface area (Å²) in [6.45, 7) is 0. The standard InChI is InChI=1S/C15H18Br2OS/c16-11-6-12(19-15(11)17)14(18)13-9-2-7-1-8(4-9)5-10(13)3-7/h6-10,13-14,18H,1-5H2. The maximum Gasteiger partial charge on any atom is 0.0916 e. The number of halogens is 2. The molecule has 0 saturated heterocycles. The molecule has 0 aliphatic heterocycles. The average Bonchev–Trinajstić information content (AvgIpc) is 2.68. The molecule has 0 radical (unpaired) electrons. The van der Waals surface area contributed by atoms with Crippen LogP contribution in [0.5, 0.6) is 0 Å². The van der Waals surface area contributed by atoms with Gasteiger partial charge in [-0.15, -0.1) is 11.3 Å². The molecule has 1 aromatic heterocycles. The van der Waals surface area contributed by atoms with Crippen LogP contribution in [0.4, 0.5) is 0 Å². The number of thiophene rings is 1. The first-order valence-corrected chi connectivity index (χ1v) is 9.65. The van der Waals surface area contributed by atoms with Gasteiger partial charge < -0.3 is 5.11 Å². The van der Waals surface area contributed by atoms with Gasteiger partial charge >= 0.3 is 0 Å². The zero-order valence-electron chi connectivity index (χ0n) is 10.7. The first-order valence-electron chi connectivity index (χ1n) is 7.24. The van der Waals surface area contributed by atoms with Crippen LogP contribution in [0, 0.1) is 29.6 Å². The van der Waals surface area contributed by atoms with Crippen LogP contribution in [0.2, 0.25) is 0 Å². The third-order valence-electron chi connectivity index (χ3n) is 5.62. The van der Waals surface area contributed by atoms with E-state index in [1.165, 1.54) is 32.1 Å². The molecule has 1 atom stereocenters. The molecule has 4 aliphatic carbocycles. The van der Waals surface area contributed by atoms with Gasteiger partial charge in [-0.2, -0.15) is 0 Å². The quantitative estimate of drug-likeness (QED) is 0.700. The zero-order valence-corrected chi connectivity index (χ0v) is 14.7. The number of aliphatic hydroxyl groups excluding tert-OH is 1. The molecule has 1 aromatic rings. The fourth-order valence-electron chi connectivity index (χ4n) is 5.18. The van der Waals surface area contributed by atoms with Gasteiger partial charge in [0.1, 0.15) is 0 Å². The molecule has 1 unspecified atom stereocenters. The summed E-state index contributed by atoms with van der Waals surface area (Å²) in [6.07, 6.45) is 6.74. The molecule has 19 heavy (non-hydrogen) atoms. The smallest absolute Gasteiger partial charge is 0.0916 e. The lowest BCUT2D eigenvalue weighted by molar-refractivity contribution is -0.0898. The van der Waals surface area contributed by atoms with E-state index in [4.69, 9.17) is 0 Å². The minimum atomic E-state index is -0.248. The van der Waals surface area contributed by atoms with E-state index in [0.29, 0.717) is 5.92 Å². The third-order valence-corrected chi connectivity index (χ3v) is 8.95. The van der Waals surface area contributed by atoms with Crippen molar-refractivity contribution in [1.82, 2.24) is 0 Å². The van der Waals surface area contributed by atoms with Crippen molar-refractivity contribution < 1.29 is 5.11 Å². The largest absolute Gasteiger partial charge is 0.387 e. The van der Waals surface area contributed by atoms with Gasteiger partial charge in [0.15, 0.2) is 0 Å². The molecular weight excluding hydrogens is 388 g/mol. The number of aliphatic hydroxyl groups is 1. The monoisotopic (exact) mass is 404 g/mol. The van der Waals surface area contributed by atoms with Crippen molar-refractivity contribution in [3.63, 3.8) is 0 Å². The molecule has 0 amide bonds. The normalized spacial score (nSPS) is 41.7. The number of hydrogen-bond acceptors (Lipinski definition) is 2. The molecule has 5 rings (SSSR count). The second-order valence-corrected chi connectivity index (χ2v) is 9.98. The molecule has 104 valence electrons. The molecule has 4 heteroatoms. The maximum atomic E-state index is 10.9. The molecule has 1 N–H and O–H groups in total. The van der Waals surface area contributed by atoms with Crippen LogP contribution < -0.4 is 0 Å². The lowest BCUT2D eigenvalue weighted by Gasteiger charge is -2.55. The van der Waals surface area contributed by atoms with Gasteiger partial charge in [0.2, 0.25) is 0 Å². The zero-order chi connectivity index (χ0) is 13.1. The van der Waals surface area contributed by atoms with Crippen LogP contribution in [-0.4, -0.2) is 5.11 Å². The van der Waals surface area contributed by atoms with Gasteiger partial charge in [0.05, 0.1) is 9.89 Å². The highest BCUT2D eigenvalue weighted by Gasteiger charge is 2.50. The Labute approximate surface area is 135 Å². The number of hydrogen-bond donors (Lipinski definition) is 1. The second kappa shape index (κ2) is 4.82. The minimum Gasteiger partial charge on any atom is -0.387 e. The molecule has 0 aromatic carbocycles. The van der Waals surface area contributed by atoms with Crippen LogP contribution in [0.15, 0.2) is 14.3 Å². The topological polar surface area (TPSA) is 20.2 Å². The van der Waals surface area contributed by atoms with E-state index in [1.807, 2.05) is 0 Å². The summed E-state index contributed by atoms with van der Waals surface area (Å²) in [5.74, 6) is 4.04.